The topological polar surface area (TPSA) is 145 Å². The fraction of sp³-hybridized carbons (Fsp3) is 0.192. The number of rotatable bonds is 6. The number of carbonyl (C=O) groups is 2. The van der Waals surface area contributed by atoms with Gasteiger partial charge in [0.05, 0.1) is 9.79 Å². The molecule has 0 spiro atoms. The van der Waals surface area contributed by atoms with Crippen molar-refractivity contribution in [3.8, 4) is 0 Å². The molecule has 1 saturated heterocycles. The predicted octanol–water partition coefficient (Wildman–Crippen LogP) is 4.45. The molecule has 3 amide bonds. The van der Waals surface area contributed by atoms with Gasteiger partial charge in [0.25, 0.3) is 0 Å². The van der Waals surface area contributed by atoms with Gasteiger partial charge < -0.3 is 21.3 Å². The van der Waals surface area contributed by atoms with E-state index in [4.69, 9.17) is 11.1 Å². The van der Waals surface area contributed by atoms with E-state index in [2.05, 4.69) is 26.6 Å². The first-order valence-corrected chi connectivity index (χ1v) is 13.8. The molecule has 0 saturated carbocycles. The zero-order valence-electron chi connectivity index (χ0n) is 19.8. The number of halogens is 1. The largest absolute Gasteiger partial charge is 0.369 e. The van der Waals surface area contributed by atoms with Gasteiger partial charge in [0, 0.05) is 40.4 Å². The molecule has 9 nitrogen and oxygen atoms in total. The third-order valence-electron chi connectivity index (χ3n) is 6.15. The molecule has 0 aromatic heterocycles. The standard InChI is InChI=1S/C26H26BrN5O4S/c27-19-4-8-22(9-5-19)37(35,36)23-10-6-20(7-11-23)30-26(34)31-21-3-1-2-18(16-21)24(28)32-14-12-17(13-15-32)25(29)33/h1-11,16-17,28H,12-15H2,(H2,29,33)(H2,30,31,34). The predicted molar refractivity (Wildman–Crippen MR) is 145 cm³/mol. The number of primary amides is 1. The smallest absolute Gasteiger partial charge is 0.323 e. The lowest BCUT2D eigenvalue weighted by molar-refractivity contribution is -0.122. The van der Waals surface area contributed by atoms with Crippen LogP contribution in [0.2, 0.25) is 0 Å². The van der Waals surface area contributed by atoms with E-state index in [-0.39, 0.29) is 21.6 Å². The number of piperidine rings is 1. The molecule has 0 atom stereocenters. The van der Waals surface area contributed by atoms with Crippen molar-refractivity contribution < 1.29 is 18.0 Å². The number of sulfone groups is 1. The number of amidine groups is 1. The molecule has 0 bridgehead atoms. The van der Waals surface area contributed by atoms with E-state index in [1.807, 2.05) is 4.90 Å². The molecule has 0 unspecified atom stereocenters. The lowest BCUT2D eigenvalue weighted by Gasteiger charge is -2.32. The molecular formula is C26H26BrN5O4S. The number of urea groups is 1. The minimum atomic E-state index is -3.68. The Labute approximate surface area is 223 Å². The summed E-state index contributed by atoms with van der Waals surface area (Å²) in [4.78, 5) is 26.1. The molecule has 11 heteroatoms. The summed E-state index contributed by atoms with van der Waals surface area (Å²) in [6, 6.07) is 18.7. The van der Waals surface area contributed by atoms with Crippen LogP contribution in [0.15, 0.2) is 87.1 Å². The van der Waals surface area contributed by atoms with E-state index in [0.717, 1.165) is 4.47 Å². The molecule has 192 valence electrons. The summed E-state index contributed by atoms with van der Waals surface area (Å²) in [5.74, 6) is -0.144. The van der Waals surface area contributed by atoms with E-state index in [0.29, 0.717) is 48.7 Å². The molecule has 3 aromatic carbocycles. The van der Waals surface area contributed by atoms with E-state index in [1.165, 1.54) is 36.4 Å². The number of likely N-dealkylation sites (tertiary alicyclic amines) is 1. The van der Waals surface area contributed by atoms with Gasteiger partial charge in [0.1, 0.15) is 5.84 Å². The molecule has 1 aliphatic heterocycles. The van der Waals surface area contributed by atoms with Crippen molar-refractivity contribution in [1.82, 2.24) is 4.90 Å². The SMILES string of the molecule is N=C(c1cccc(NC(=O)Nc2ccc(S(=O)(=O)c3ccc(Br)cc3)cc2)c1)N1CCC(C(N)=O)CC1. The number of nitrogens with two attached hydrogens (primary N) is 1. The Hall–Kier alpha value is -3.70. The number of nitrogens with one attached hydrogen (secondary N) is 3. The summed E-state index contributed by atoms with van der Waals surface area (Å²) < 4.78 is 26.4. The average Bonchev–Trinajstić information content (AvgIpc) is 2.89. The van der Waals surface area contributed by atoms with Crippen LogP contribution in [0.4, 0.5) is 16.2 Å². The lowest BCUT2D eigenvalue weighted by Crippen LogP contribution is -2.41. The summed E-state index contributed by atoms with van der Waals surface area (Å²) in [5.41, 5.74) is 6.95. The Bertz CT molecular complexity index is 1420. The van der Waals surface area contributed by atoms with Gasteiger partial charge >= 0.3 is 6.03 Å². The van der Waals surface area contributed by atoms with Crippen LogP contribution < -0.4 is 16.4 Å². The molecule has 5 N–H and O–H groups in total. The summed E-state index contributed by atoms with van der Waals surface area (Å²) in [5, 5.41) is 14.0. The quantitative estimate of drug-likeness (QED) is 0.250. The second-order valence-corrected chi connectivity index (χ2v) is 11.5. The summed E-state index contributed by atoms with van der Waals surface area (Å²) in [6.07, 6.45) is 1.22. The first kappa shape index (κ1) is 26.4. The zero-order valence-corrected chi connectivity index (χ0v) is 22.2. The van der Waals surface area contributed by atoms with Crippen molar-refractivity contribution in [2.45, 2.75) is 22.6 Å². The highest BCUT2D eigenvalue weighted by atomic mass is 79.9. The van der Waals surface area contributed by atoms with Crippen molar-refractivity contribution in [2.75, 3.05) is 23.7 Å². The molecule has 4 rings (SSSR count). The maximum absolute atomic E-state index is 12.8. The van der Waals surface area contributed by atoms with Crippen molar-refractivity contribution in [3.63, 3.8) is 0 Å². The Balaban J connectivity index is 1.37. The highest BCUT2D eigenvalue weighted by molar-refractivity contribution is 9.10. The molecule has 1 fully saturated rings. The summed E-state index contributed by atoms with van der Waals surface area (Å²) >= 11 is 3.29. The molecule has 3 aromatic rings. The molecule has 0 radical (unpaired) electrons. The minimum Gasteiger partial charge on any atom is -0.369 e. The Morgan fingerprint density at radius 3 is 2.05 bits per heavy atom. The fourth-order valence-electron chi connectivity index (χ4n) is 4.08. The van der Waals surface area contributed by atoms with Crippen LogP contribution in [0, 0.1) is 11.3 Å². The van der Waals surface area contributed by atoms with Crippen molar-refractivity contribution in [2.24, 2.45) is 11.7 Å². The molecule has 0 aliphatic carbocycles. The number of hydrogen-bond donors (Lipinski definition) is 4. The third-order valence-corrected chi connectivity index (χ3v) is 8.47. The van der Waals surface area contributed by atoms with Gasteiger partial charge in [-0.05, 0) is 73.5 Å². The van der Waals surface area contributed by atoms with E-state index in [1.54, 1.807) is 36.4 Å². The van der Waals surface area contributed by atoms with E-state index in [9.17, 15) is 18.0 Å². The van der Waals surface area contributed by atoms with E-state index >= 15 is 0 Å². The van der Waals surface area contributed by atoms with Gasteiger partial charge in [0.2, 0.25) is 15.7 Å². The minimum absolute atomic E-state index is 0.117. The fourth-order valence-corrected chi connectivity index (χ4v) is 5.60. The zero-order chi connectivity index (χ0) is 26.6. The highest BCUT2D eigenvalue weighted by Crippen LogP contribution is 2.24. The first-order chi connectivity index (χ1) is 17.6. The lowest BCUT2D eigenvalue weighted by atomic mass is 9.95. The maximum atomic E-state index is 12.8. The first-order valence-electron chi connectivity index (χ1n) is 11.6. The molecule has 37 heavy (non-hydrogen) atoms. The number of carbonyl (C=O) groups excluding carboxylic acids is 2. The van der Waals surface area contributed by atoms with Crippen LogP contribution >= 0.6 is 15.9 Å². The maximum Gasteiger partial charge on any atom is 0.323 e. The average molecular weight is 584 g/mol. The number of anilines is 2. The molecule has 1 aliphatic rings. The Kier molecular flexibility index (Phi) is 7.94. The van der Waals surface area contributed by atoms with Crippen molar-refractivity contribution in [1.29, 1.82) is 5.41 Å². The van der Waals surface area contributed by atoms with E-state index < -0.39 is 15.9 Å². The number of benzene rings is 3. The van der Waals surface area contributed by atoms with Crippen LogP contribution in [0.1, 0.15) is 18.4 Å². The molecular weight excluding hydrogens is 558 g/mol. The van der Waals surface area contributed by atoms with Gasteiger partial charge in [-0.3, -0.25) is 10.2 Å². The number of amides is 3. The molecule has 1 heterocycles. The van der Waals surface area contributed by atoms with Crippen LogP contribution in [0.25, 0.3) is 0 Å². The Morgan fingerprint density at radius 1 is 0.892 bits per heavy atom. The van der Waals surface area contributed by atoms with Gasteiger partial charge in [-0.2, -0.15) is 0 Å². The number of nitrogens with zero attached hydrogens (tertiary/aromatic N) is 1. The van der Waals surface area contributed by atoms with Crippen LogP contribution in [-0.2, 0) is 14.6 Å². The third kappa shape index (κ3) is 6.36. The van der Waals surface area contributed by atoms with Crippen LogP contribution in [0.5, 0.6) is 0 Å². The number of hydrogen-bond acceptors (Lipinski definition) is 5. The van der Waals surface area contributed by atoms with Gasteiger partial charge in [-0.1, -0.05) is 28.1 Å². The monoisotopic (exact) mass is 583 g/mol. The van der Waals surface area contributed by atoms with Gasteiger partial charge in [-0.15, -0.1) is 0 Å². The van der Waals surface area contributed by atoms with Crippen LogP contribution in [0.3, 0.4) is 0 Å². The van der Waals surface area contributed by atoms with Gasteiger partial charge in [-0.25, -0.2) is 13.2 Å². The summed E-state index contributed by atoms with van der Waals surface area (Å²) in [7, 11) is -3.68. The van der Waals surface area contributed by atoms with Gasteiger partial charge in [0.15, 0.2) is 0 Å². The van der Waals surface area contributed by atoms with Crippen LogP contribution in [-0.4, -0.2) is 44.2 Å². The van der Waals surface area contributed by atoms with Crippen molar-refractivity contribution in [3.05, 3.63) is 82.8 Å². The van der Waals surface area contributed by atoms with Crippen molar-refractivity contribution >= 4 is 54.9 Å². The second-order valence-electron chi connectivity index (χ2n) is 8.65. The normalized spacial score (nSPS) is 14.1. The second kappa shape index (κ2) is 11.1. The Morgan fingerprint density at radius 2 is 1.46 bits per heavy atom. The summed E-state index contributed by atoms with van der Waals surface area (Å²) in [6.45, 7) is 1.14. The highest BCUT2D eigenvalue weighted by Gasteiger charge is 2.25.